The van der Waals surface area contributed by atoms with Gasteiger partial charge in [0, 0.05) is 11.5 Å². The monoisotopic (exact) mass is 234 g/mol. The molecular weight excluding hydrogens is 233 g/mol. The van der Waals surface area contributed by atoms with E-state index in [-0.39, 0.29) is 21.3 Å². The Balaban J connectivity index is 2.94. The van der Waals surface area contributed by atoms with Crippen LogP contribution in [0.15, 0.2) is 12.1 Å². The summed E-state index contributed by atoms with van der Waals surface area (Å²) in [6, 6.07) is 1.76. The average molecular weight is 235 g/mol. The second kappa shape index (κ2) is 3.29. The molecule has 1 aromatic heterocycles. The van der Waals surface area contributed by atoms with E-state index in [2.05, 4.69) is 9.97 Å². The molecule has 0 aliphatic heterocycles. The summed E-state index contributed by atoms with van der Waals surface area (Å²) in [6.07, 6.45) is 0. The molecular formula is C8H2Cl2F2N2. The van der Waals surface area contributed by atoms with E-state index in [1.807, 2.05) is 0 Å². The normalized spacial score (nSPS) is 10.9. The van der Waals surface area contributed by atoms with Crippen LogP contribution in [0.3, 0.4) is 0 Å². The van der Waals surface area contributed by atoms with Crippen LogP contribution < -0.4 is 0 Å². The molecule has 0 saturated carbocycles. The fourth-order valence-electron chi connectivity index (χ4n) is 1.10. The SMILES string of the molecule is Fc1cc(F)c2nc(Cl)nc(Cl)c2c1. The summed E-state index contributed by atoms with van der Waals surface area (Å²) in [4.78, 5) is 7.18. The van der Waals surface area contributed by atoms with Crippen molar-refractivity contribution in [3.8, 4) is 0 Å². The van der Waals surface area contributed by atoms with Crippen molar-refractivity contribution in [2.24, 2.45) is 0 Å². The molecule has 0 bridgehead atoms. The van der Waals surface area contributed by atoms with Gasteiger partial charge in [0.15, 0.2) is 5.82 Å². The Morgan fingerprint density at radius 2 is 1.79 bits per heavy atom. The van der Waals surface area contributed by atoms with Crippen molar-refractivity contribution < 1.29 is 8.78 Å². The highest BCUT2D eigenvalue weighted by Gasteiger charge is 2.10. The molecule has 0 aliphatic rings. The maximum absolute atomic E-state index is 13.2. The van der Waals surface area contributed by atoms with Crippen molar-refractivity contribution in [2.75, 3.05) is 0 Å². The fraction of sp³-hybridized carbons (Fsp3) is 0. The molecule has 2 rings (SSSR count). The molecule has 1 aromatic carbocycles. The topological polar surface area (TPSA) is 25.8 Å². The van der Waals surface area contributed by atoms with Crippen LogP contribution >= 0.6 is 23.2 Å². The second-order valence-corrected chi connectivity index (χ2v) is 3.26. The van der Waals surface area contributed by atoms with E-state index in [1.165, 1.54) is 0 Å². The number of hydrogen-bond donors (Lipinski definition) is 0. The van der Waals surface area contributed by atoms with E-state index in [4.69, 9.17) is 23.2 Å². The standard InChI is InChI=1S/C8H2Cl2F2N2/c9-7-4-1-3(11)2-5(12)6(4)13-8(10)14-7/h1-2H. The van der Waals surface area contributed by atoms with Crippen LogP contribution in [0.1, 0.15) is 0 Å². The number of benzene rings is 1. The Kier molecular flexibility index (Phi) is 2.25. The predicted molar refractivity (Wildman–Crippen MR) is 49.5 cm³/mol. The highest BCUT2D eigenvalue weighted by atomic mass is 35.5. The lowest BCUT2D eigenvalue weighted by molar-refractivity contribution is 0.590. The number of nitrogens with zero attached hydrogens (tertiary/aromatic N) is 2. The number of hydrogen-bond acceptors (Lipinski definition) is 2. The van der Waals surface area contributed by atoms with E-state index >= 15 is 0 Å². The third-order valence-electron chi connectivity index (χ3n) is 1.64. The number of fused-ring (bicyclic) bond motifs is 1. The highest BCUT2D eigenvalue weighted by molar-refractivity contribution is 6.35. The molecule has 2 aromatic rings. The first-order valence-corrected chi connectivity index (χ1v) is 4.31. The van der Waals surface area contributed by atoms with Gasteiger partial charge in [-0.1, -0.05) is 11.6 Å². The maximum atomic E-state index is 13.2. The number of halogens is 4. The summed E-state index contributed by atoms with van der Waals surface area (Å²) in [7, 11) is 0. The lowest BCUT2D eigenvalue weighted by Crippen LogP contribution is -1.91. The van der Waals surface area contributed by atoms with Gasteiger partial charge >= 0.3 is 0 Å². The fourth-order valence-corrected chi connectivity index (χ4v) is 1.53. The lowest BCUT2D eigenvalue weighted by Gasteiger charge is -2.01. The van der Waals surface area contributed by atoms with E-state index in [0.717, 1.165) is 6.07 Å². The maximum Gasteiger partial charge on any atom is 0.224 e. The lowest BCUT2D eigenvalue weighted by atomic mass is 10.2. The smallest absolute Gasteiger partial charge is 0.215 e. The van der Waals surface area contributed by atoms with Crippen molar-refractivity contribution >= 4 is 34.1 Å². The van der Waals surface area contributed by atoms with Crippen molar-refractivity contribution in [3.05, 3.63) is 34.2 Å². The first kappa shape index (κ1) is 9.55. The van der Waals surface area contributed by atoms with Crippen LogP contribution in [0, 0.1) is 11.6 Å². The first-order chi connectivity index (χ1) is 6.58. The highest BCUT2D eigenvalue weighted by Crippen LogP contribution is 2.24. The van der Waals surface area contributed by atoms with Crippen LogP contribution in [-0.4, -0.2) is 9.97 Å². The van der Waals surface area contributed by atoms with E-state index in [9.17, 15) is 8.78 Å². The Bertz CT molecular complexity index is 469. The van der Waals surface area contributed by atoms with Crippen molar-refractivity contribution in [1.82, 2.24) is 9.97 Å². The Labute approximate surface area is 87.5 Å². The summed E-state index contributed by atoms with van der Waals surface area (Å²) in [5, 5.41) is -0.139. The van der Waals surface area contributed by atoms with E-state index in [0.29, 0.717) is 6.07 Å². The minimum absolute atomic E-state index is 0.0709. The summed E-state index contributed by atoms with van der Waals surface area (Å²) < 4.78 is 26.0. The van der Waals surface area contributed by atoms with Crippen LogP contribution in [-0.2, 0) is 0 Å². The summed E-state index contributed by atoms with van der Waals surface area (Å²) in [5.74, 6) is -1.55. The molecule has 14 heavy (non-hydrogen) atoms. The minimum atomic E-state index is -0.814. The second-order valence-electron chi connectivity index (χ2n) is 2.57. The number of aromatic nitrogens is 2. The van der Waals surface area contributed by atoms with Crippen LogP contribution in [0.4, 0.5) is 8.78 Å². The first-order valence-electron chi connectivity index (χ1n) is 3.56. The molecule has 0 aliphatic carbocycles. The molecule has 2 nitrogen and oxygen atoms in total. The molecule has 6 heteroatoms. The van der Waals surface area contributed by atoms with Crippen LogP contribution in [0.5, 0.6) is 0 Å². The zero-order valence-electron chi connectivity index (χ0n) is 6.56. The van der Waals surface area contributed by atoms with Gasteiger partial charge < -0.3 is 0 Å². The minimum Gasteiger partial charge on any atom is -0.215 e. The largest absolute Gasteiger partial charge is 0.224 e. The van der Waals surface area contributed by atoms with Gasteiger partial charge in [0.1, 0.15) is 16.5 Å². The Morgan fingerprint density at radius 1 is 1.07 bits per heavy atom. The van der Waals surface area contributed by atoms with Crippen molar-refractivity contribution in [2.45, 2.75) is 0 Å². The third kappa shape index (κ3) is 1.51. The molecule has 72 valence electrons. The molecule has 1 heterocycles. The molecule has 0 radical (unpaired) electrons. The molecule has 0 atom stereocenters. The van der Waals surface area contributed by atoms with Crippen molar-refractivity contribution in [1.29, 1.82) is 0 Å². The predicted octanol–water partition coefficient (Wildman–Crippen LogP) is 3.21. The van der Waals surface area contributed by atoms with Gasteiger partial charge in [0.25, 0.3) is 0 Å². The summed E-state index contributed by atoms with van der Waals surface area (Å²) in [6.45, 7) is 0. The molecule has 0 unspecified atom stereocenters. The summed E-state index contributed by atoms with van der Waals surface area (Å²) in [5.41, 5.74) is -0.0867. The van der Waals surface area contributed by atoms with E-state index < -0.39 is 11.6 Å². The van der Waals surface area contributed by atoms with Gasteiger partial charge in [-0.15, -0.1) is 0 Å². The van der Waals surface area contributed by atoms with Gasteiger partial charge in [0.2, 0.25) is 5.28 Å². The average Bonchev–Trinajstić information content (AvgIpc) is 2.07. The van der Waals surface area contributed by atoms with Gasteiger partial charge in [-0.05, 0) is 17.7 Å². The molecule has 0 amide bonds. The third-order valence-corrected chi connectivity index (χ3v) is 2.10. The van der Waals surface area contributed by atoms with Gasteiger partial charge in [0.05, 0.1) is 0 Å². The Morgan fingerprint density at radius 3 is 2.50 bits per heavy atom. The van der Waals surface area contributed by atoms with Gasteiger partial charge in [-0.3, -0.25) is 0 Å². The zero-order valence-corrected chi connectivity index (χ0v) is 8.07. The molecule has 0 spiro atoms. The Hall–Kier alpha value is -1.00. The summed E-state index contributed by atoms with van der Waals surface area (Å²) >= 11 is 11.1. The van der Waals surface area contributed by atoms with E-state index in [1.54, 1.807) is 0 Å². The molecule has 0 saturated heterocycles. The number of rotatable bonds is 0. The quantitative estimate of drug-likeness (QED) is 0.517. The molecule has 0 fully saturated rings. The zero-order chi connectivity index (χ0) is 10.3. The van der Waals surface area contributed by atoms with Gasteiger partial charge in [-0.25, -0.2) is 18.7 Å². The van der Waals surface area contributed by atoms with Crippen LogP contribution in [0.2, 0.25) is 10.4 Å². The van der Waals surface area contributed by atoms with Gasteiger partial charge in [-0.2, -0.15) is 0 Å². The molecule has 0 N–H and O–H groups in total. The van der Waals surface area contributed by atoms with Crippen molar-refractivity contribution in [3.63, 3.8) is 0 Å². The van der Waals surface area contributed by atoms with Crippen LogP contribution in [0.25, 0.3) is 10.9 Å².